The lowest BCUT2D eigenvalue weighted by molar-refractivity contribution is 0.0595. The summed E-state index contributed by atoms with van der Waals surface area (Å²) in [6.45, 7) is 0. The van der Waals surface area contributed by atoms with E-state index in [2.05, 4.69) is 9.72 Å². The zero-order valence-corrected chi connectivity index (χ0v) is 10.5. The molecule has 0 aliphatic rings. The van der Waals surface area contributed by atoms with Crippen LogP contribution >= 0.6 is 23.2 Å². The van der Waals surface area contributed by atoms with E-state index in [-0.39, 0.29) is 0 Å². The van der Waals surface area contributed by atoms with E-state index < -0.39 is 5.97 Å². The normalized spacial score (nSPS) is 10.3. The van der Waals surface area contributed by atoms with Crippen molar-refractivity contribution in [3.63, 3.8) is 0 Å². The van der Waals surface area contributed by atoms with Crippen LogP contribution < -0.4 is 0 Å². The minimum absolute atomic E-state index is 0.360. The molecule has 88 valence electrons. The van der Waals surface area contributed by atoms with Gasteiger partial charge in [0.15, 0.2) is 0 Å². The van der Waals surface area contributed by atoms with Crippen molar-refractivity contribution in [2.75, 3.05) is 7.11 Å². The van der Waals surface area contributed by atoms with Gasteiger partial charge in [0.2, 0.25) is 0 Å². The second-order valence-electron chi connectivity index (χ2n) is 3.37. The lowest BCUT2D eigenvalue weighted by Crippen LogP contribution is -2.01. The molecule has 0 bridgehead atoms. The third-order valence-electron chi connectivity index (χ3n) is 2.32. The molecule has 0 spiro atoms. The van der Waals surface area contributed by atoms with Crippen LogP contribution in [0.2, 0.25) is 10.0 Å². The van der Waals surface area contributed by atoms with Crippen LogP contribution in [-0.4, -0.2) is 18.1 Å². The summed E-state index contributed by atoms with van der Waals surface area (Å²) in [4.78, 5) is 14.2. The summed E-state index contributed by atoms with van der Waals surface area (Å²) in [5.74, 6) is -0.431. The monoisotopic (exact) mass is 269 g/mol. The van der Waals surface area contributed by atoms with Crippen LogP contribution in [0.1, 0.15) is 10.5 Å². The van der Waals surface area contributed by atoms with Crippen molar-refractivity contribution in [2.24, 2.45) is 0 Å². The molecule has 0 aliphatic heterocycles. The number of benzene rings is 1. The maximum absolute atomic E-state index is 11.3. The molecule has 3 nitrogen and oxygen atoms in total. The first-order valence-corrected chi connectivity index (χ1v) is 5.61. The molecule has 2 rings (SSSR count). The Morgan fingerprint density at radius 1 is 1.18 bits per heavy atom. The molecule has 0 saturated carbocycles. The molecular formula is C12H9Cl2NO2. The summed E-state index contributed by atoms with van der Waals surface area (Å²) >= 11 is 12.1. The van der Waals surface area contributed by atoms with Gasteiger partial charge in [-0.25, -0.2) is 4.79 Å². The number of carbonyl (C=O) groups is 1. The Bertz CT molecular complexity index is 543. The second kappa shape index (κ2) is 4.82. The van der Waals surface area contributed by atoms with E-state index in [1.807, 2.05) is 0 Å². The highest BCUT2D eigenvalue weighted by molar-refractivity contribution is 6.39. The number of aromatic nitrogens is 1. The molecule has 0 atom stereocenters. The maximum Gasteiger partial charge on any atom is 0.354 e. The number of ether oxygens (including phenoxy) is 1. The van der Waals surface area contributed by atoms with Crippen molar-refractivity contribution < 1.29 is 9.53 Å². The van der Waals surface area contributed by atoms with E-state index in [4.69, 9.17) is 23.2 Å². The summed E-state index contributed by atoms with van der Waals surface area (Å²) in [5, 5.41) is 1.05. The Labute approximate surface area is 108 Å². The standard InChI is InChI=1S/C12H9Cl2NO2/c1-17-12(16)10-6-5-9(15-10)11-7(13)3-2-4-8(11)14/h2-6,15H,1H3. The Morgan fingerprint density at radius 2 is 1.82 bits per heavy atom. The van der Waals surface area contributed by atoms with Gasteiger partial charge < -0.3 is 9.72 Å². The van der Waals surface area contributed by atoms with Crippen LogP contribution in [0.5, 0.6) is 0 Å². The fraction of sp³-hybridized carbons (Fsp3) is 0.0833. The number of H-pyrrole nitrogens is 1. The second-order valence-corrected chi connectivity index (χ2v) is 4.19. The number of halogens is 2. The predicted molar refractivity (Wildman–Crippen MR) is 67.6 cm³/mol. The zero-order chi connectivity index (χ0) is 12.4. The van der Waals surface area contributed by atoms with E-state index in [1.54, 1.807) is 30.3 Å². The molecule has 1 N–H and O–H groups in total. The van der Waals surface area contributed by atoms with Gasteiger partial charge in [-0.05, 0) is 24.3 Å². The van der Waals surface area contributed by atoms with E-state index in [0.29, 0.717) is 27.0 Å². The molecule has 5 heteroatoms. The third-order valence-corrected chi connectivity index (χ3v) is 2.95. The van der Waals surface area contributed by atoms with E-state index >= 15 is 0 Å². The fourth-order valence-corrected chi connectivity index (χ4v) is 2.13. The first kappa shape index (κ1) is 12.0. The average Bonchev–Trinajstić information content (AvgIpc) is 2.77. The highest BCUT2D eigenvalue weighted by Gasteiger charge is 2.13. The van der Waals surface area contributed by atoms with Gasteiger partial charge in [-0.2, -0.15) is 0 Å². The van der Waals surface area contributed by atoms with Crippen LogP contribution in [0.15, 0.2) is 30.3 Å². The van der Waals surface area contributed by atoms with Crippen LogP contribution in [0, 0.1) is 0 Å². The zero-order valence-electron chi connectivity index (χ0n) is 8.96. The van der Waals surface area contributed by atoms with Crippen LogP contribution in [0.4, 0.5) is 0 Å². The van der Waals surface area contributed by atoms with Gasteiger partial charge in [-0.15, -0.1) is 0 Å². The average molecular weight is 270 g/mol. The maximum atomic E-state index is 11.3. The molecule has 1 heterocycles. The summed E-state index contributed by atoms with van der Waals surface area (Å²) in [5.41, 5.74) is 1.71. The van der Waals surface area contributed by atoms with Crippen molar-refractivity contribution in [3.05, 3.63) is 46.1 Å². The van der Waals surface area contributed by atoms with Gasteiger partial charge in [0.1, 0.15) is 5.69 Å². The molecular weight excluding hydrogens is 261 g/mol. The van der Waals surface area contributed by atoms with Crippen molar-refractivity contribution in [1.29, 1.82) is 0 Å². The van der Waals surface area contributed by atoms with Gasteiger partial charge in [0, 0.05) is 11.3 Å². The molecule has 0 fully saturated rings. The number of nitrogens with one attached hydrogen (secondary N) is 1. The molecule has 1 aromatic carbocycles. The van der Waals surface area contributed by atoms with E-state index in [0.717, 1.165) is 0 Å². The minimum Gasteiger partial charge on any atom is -0.464 e. The number of carbonyl (C=O) groups excluding carboxylic acids is 1. The Hall–Kier alpha value is -1.45. The molecule has 1 aromatic heterocycles. The third kappa shape index (κ3) is 2.30. The molecule has 17 heavy (non-hydrogen) atoms. The van der Waals surface area contributed by atoms with Gasteiger partial charge in [-0.1, -0.05) is 29.3 Å². The Kier molecular flexibility index (Phi) is 3.41. The van der Waals surface area contributed by atoms with Crippen molar-refractivity contribution >= 4 is 29.2 Å². The summed E-state index contributed by atoms with van der Waals surface area (Å²) in [6, 6.07) is 8.60. The van der Waals surface area contributed by atoms with Crippen LogP contribution in [0.25, 0.3) is 11.3 Å². The lowest BCUT2D eigenvalue weighted by atomic mass is 10.1. The molecule has 0 saturated heterocycles. The smallest absolute Gasteiger partial charge is 0.354 e. The number of hydrogen-bond donors (Lipinski definition) is 1. The molecule has 0 aliphatic carbocycles. The van der Waals surface area contributed by atoms with Crippen LogP contribution in [-0.2, 0) is 4.74 Å². The number of hydrogen-bond acceptors (Lipinski definition) is 2. The quantitative estimate of drug-likeness (QED) is 0.844. The molecule has 0 radical (unpaired) electrons. The topological polar surface area (TPSA) is 42.1 Å². The van der Waals surface area contributed by atoms with Crippen molar-refractivity contribution in [3.8, 4) is 11.3 Å². The van der Waals surface area contributed by atoms with Crippen LogP contribution in [0.3, 0.4) is 0 Å². The number of esters is 1. The Morgan fingerprint density at radius 3 is 2.41 bits per heavy atom. The number of aromatic amines is 1. The summed E-state index contributed by atoms with van der Waals surface area (Å²) in [6.07, 6.45) is 0. The number of rotatable bonds is 2. The fourth-order valence-electron chi connectivity index (χ4n) is 1.53. The predicted octanol–water partition coefficient (Wildman–Crippen LogP) is 3.78. The minimum atomic E-state index is -0.431. The van der Waals surface area contributed by atoms with E-state index in [1.165, 1.54) is 7.11 Å². The molecule has 0 amide bonds. The Balaban J connectivity index is 2.47. The largest absolute Gasteiger partial charge is 0.464 e. The highest BCUT2D eigenvalue weighted by atomic mass is 35.5. The number of methoxy groups -OCH3 is 1. The first-order chi connectivity index (χ1) is 8.13. The lowest BCUT2D eigenvalue weighted by Gasteiger charge is -2.04. The van der Waals surface area contributed by atoms with Gasteiger partial charge in [-0.3, -0.25) is 0 Å². The first-order valence-electron chi connectivity index (χ1n) is 4.85. The van der Waals surface area contributed by atoms with Gasteiger partial charge >= 0.3 is 5.97 Å². The molecule has 0 unspecified atom stereocenters. The summed E-state index contributed by atoms with van der Waals surface area (Å²) < 4.78 is 4.61. The highest BCUT2D eigenvalue weighted by Crippen LogP contribution is 2.33. The van der Waals surface area contributed by atoms with Crippen molar-refractivity contribution in [1.82, 2.24) is 4.98 Å². The van der Waals surface area contributed by atoms with E-state index in [9.17, 15) is 4.79 Å². The SMILES string of the molecule is COC(=O)c1ccc(-c2c(Cl)cccc2Cl)[nH]1. The molecule has 2 aromatic rings. The summed E-state index contributed by atoms with van der Waals surface area (Å²) in [7, 11) is 1.32. The van der Waals surface area contributed by atoms with Crippen molar-refractivity contribution in [2.45, 2.75) is 0 Å². The van der Waals surface area contributed by atoms with Gasteiger partial charge in [0.25, 0.3) is 0 Å². The van der Waals surface area contributed by atoms with Gasteiger partial charge in [0.05, 0.1) is 17.2 Å².